The van der Waals surface area contributed by atoms with E-state index in [0.29, 0.717) is 44.4 Å². The van der Waals surface area contributed by atoms with Gasteiger partial charge in [0.2, 0.25) is 11.8 Å². The first kappa shape index (κ1) is 42.5. The largest absolute Gasteiger partial charge is 0.488 e. The highest BCUT2D eigenvalue weighted by Crippen LogP contribution is 2.44. The van der Waals surface area contributed by atoms with Crippen LogP contribution in [0.15, 0.2) is 48.7 Å². The Morgan fingerprint density at radius 2 is 1.50 bits per heavy atom. The average Bonchev–Trinajstić information content (AvgIpc) is 4.09. The number of likely N-dealkylation sites (tertiary alicyclic amines) is 2. The molecule has 16 heteroatoms. The Labute approximate surface area is 360 Å². The molecule has 6 atom stereocenters. The normalized spacial score (nSPS) is 20.5. The van der Waals surface area contributed by atoms with Crippen molar-refractivity contribution in [1.29, 1.82) is 0 Å². The van der Waals surface area contributed by atoms with Crippen LogP contribution in [0.5, 0.6) is 5.75 Å². The molecule has 16 nitrogen and oxygen atoms in total. The van der Waals surface area contributed by atoms with E-state index in [1.54, 1.807) is 7.11 Å². The molecule has 2 aromatic heterocycles. The van der Waals surface area contributed by atoms with E-state index in [9.17, 15) is 19.2 Å². The third-order valence-corrected chi connectivity index (χ3v) is 12.6. The molecule has 0 radical (unpaired) electrons. The van der Waals surface area contributed by atoms with Gasteiger partial charge >= 0.3 is 12.2 Å². The number of nitrogens with zero attached hydrogens (tertiary/aromatic N) is 4. The standard InChI is InChI=1S/C46H56N8O8/c1-23(2)38(51-45(57)60-7)43(55)53-19-25(5)13-35(53)41-47-18-34(49-41)28-9-11-30-29(15-28)22-62-37-17-31-27(16-32(30)37)10-12-33-40(31)50-42(48-33)36-14-26(21-59-6)20-54(36)44(56)39(24(3)4)52-46(58)61-8/h9-12,15-18,23-26,35-36,38-39H,13-14,19-22H2,1-8H3,(H,47,49)(H,48,50)(H,51,57)(H,52,58)/t25-,26-,35?,36-,38-,39-/m0/s1. The smallest absolute Gasteiger partial charge is 0.407 e. The topological polar surface area (TPSA) is 193 Å². The van der Waals surface area contributed by atoms with Gasteiger partial charge in [-0.1, -0.05) is 52.8 Å². The molecule has 5 aromatic rings. The van der Waals surface area contributed by atoms with E-state index in [2.05, 4.69) is 63.9 Å². The minimum Gasteiger partial charge on any atom is -0.488 e. The third kappa shape index (κ3) is 8.03. The van der Waals surface area contributed by atoms with E-state index in [-0.39, 0.29) is 47.6 Å². The molecule has 2 fully saturated rings. The summed E-state index contributed by atoms with van der Waals surface area (Å²) in [5.41, 5.74) is 6.50. The van der Waals surface area contributed by atoms with Crippen molar-refractivity contribution in [1.82, 2.24) is 40.4 Å². The van der Waals surface area contributed by atoms with Crippen LogP contribution in [0.2, 0.25) is 0 Å². The number of alkyl carbamates (subject to hydrolysis) is 2. The molecule has 8 rings (SSSR count). The number of benzene rings is 3. The first-order valence-electron chi connectivity index (χ1n) is 21.3. The van der Waals surface area contributed by atoms with Gasteiger partial charge in [0.05, 0.1) is 55.8 Å². The van der Waals surface area contributed by atoms with Gasteiger partial charge in [0.25, 0.3) is 0 Å². The minimum absolute atomic E-state index is 0.0964. The van der Waals surface area contributed by atoms with Gasteiger partial charge < -0.3 is 49.3 Å². The zero-order valence-electron chi connectivity index (χ0n) is 36.5. The summed E-state index contributed by atoms with van der Waals surface area (Å²) in [6, 6.07) is 12.5. The van der Waals surface area contributed by atoms with Gasteiger partial charge in [-0.05, 0) is 76.9 Å². The Bertz CT molecular complexity index is 2510. The van der Waals surface area contributed by atoms with Crippen LogP contribution in [0.4, 0.5) is 9.59 Å². The number of rotatable bonds is 11. The molecule has 328 valence electrons. The average molecular weight is 849 g/mol. The summed E-state index contributed by atoms with van der Waals surface area (Å²) in [5, 5.41) is 7.38. The fraction of sp³-hybridized carbons (Fsp3) is 0.478. The lowest BCUT2D eigenvalue weighted by atomic mass is 9.92. The highest BCUT2D eigenvalue weighted by Gasteiger charge is 2.42. The number of hydrogen-bond donors (Lipinski definition) is 4. The summed E-state index contributed by atoms with van der Waals surface area (Å²) in [7, 11) is 4.24. The lowest BCUT2D eigenvalue weighted by molar-refractivity contribution is -0.136. The molecule has 4 amide bonds. The number of aromatic amines is 2. The van der Waals surface area contributed by atoms with E-state index < -0.39 is 24.3 Å². The second-order valence-electron chi connectivity index (χ2n) is 17.6. The molecule has 0 spiro atoms. The van der Waals surface area contributed by atoms with E-state index in [1.165, 1.54) is 14.2 Å². The van der Waals surface area contributed by atoms with E-state index >= 15 is 0 Å². The Morgan fingerprint density at radius 3 is 2.16 bits per heavy atom. The van der Waals surface area contributed by atoms with Crippen LogP contribution in [0.25, 0.3) is 44.2 Å². The number of amides is 4. The quantitative estimate of drug-likeness (QED) is 0.109. The number of H-pyrrole nitrogens is 2. The lowest BCUT2D eigenvalue weighted by Gasteiger charge is -2.30. The van der Waals surface area contributed by atoms with Crippen LogP contribution in [-0.4, -0.2) is 107 Å². The number of methoxy groups -OCH3 is 3. The Balaban J connectivity index is 1.05. The Kier molecular flexibility index (Phi) is 11.9. The Hall–Kier alpha value is -6.16. The number of nitrogens with one attached hydrogen (secondary N) is 4. The van der Waals surface area contributed by atoms with Gasteiger partial charge in [-0.2, -0.15) is 0 Å². The summed E-state index contributed by atoms with van der Waals surface area (Å²) < 4.78 is 21.6. The molecule has 2 saturated heterocycles. The molecule has 4 N–H and O–H groups in total. The second kappa shape index (κ2) is 17.3. The van der Waals surface area contributed by atoms with Crippen LogP contribution < -0.4 is 15.4 Å². The van der Waals surface area contributed by atoms with Crippen LogP contribution in [0.3, 0.4) is 0 Å². The van der Waals surface area contributed by atoms with E-state index in [1.807, 2.05) is 49.8 Å². The number of carbonyl (C=O) groups excluding carboxylic acids is 4. The van der Waals surface area contributed by atoms with Crippen molar-refractivity contribution < 1.29 is 38.1 Å². The van der Waals surface area contributed by atoms with Gasteiger partial charge in [-0.3, -0.25) is 9.59 Å². The molecule has 5 heterocycles. The number of hydrogen-bond acceptors (Lipinski definition) is 10. The summed E-state index contributed by atoms with van der Waals surface area (Å²) in [5.74, 6) is 1.85. The van der Waals surface area contributed by atoms with Gasteiger partial charge in [0.1, 0.15) is 36.1 Å². The monoisotopic (exact) mass is 848 g/mol. The fourth-order valence-electron chi connectivity index (χ4n) is 9.37. The minimum atomic E-state index is -0.762. The summed E-state index contributed by atoms with van der Waals surface area (Å²) >= 11 is 0. The first-order valence-corrected chi connectivity index (χ1v) is 21.3. The second-order valence-corrected chi connectivity index (χ2v) is 17.6. The van der Waals surface area contributed by atoms with Gasteiger partial charge in [0, 0.05) is 37.1 Å². The number of imidazole rings is 2. The molecule has 1 unspecified atom stereocenters. The van der Waals surface area contributed by atoms with E-state index in [4.69, 9.17) is 28.9 Å². The first-order chi connectivity index (χ1) is 29.8. The molecule has 0 saturated carbocycles. The predicted molar refractivity (Wildman–Crippen MR) is 232 cm³/mol. The van der Waals surface area contributed by atoms with Crippen molar-refractivity contribution in [3.8, 4) is 28.1 Å². The van der Waals surface area contributed by atoms with Crippen LogP contribution in [0.1, 0.15) is 76.8 Å². The number of carbonyl (C=O) groups is 4. The van der Waals surface area contributed by atoms with Crippen molar-refractivity contribution >= 4 is 45.8 Å². The molecular weight excluding hydrogens is 793 g/mol. The maximum atomic E-state index is 14.1. The highest BCUT2D eigenvalue weighted by molar-refractivity contribution is 6.07. The SMILES string of the molecule is COC[C@H]1C[C@@H](c2nc3c(ccc4cc5c(cc43)OCc3cc(-c4cnc(C6C[C@H](C)CN6C(=O)[C@@H](NC(=O)OC)C(C)C)[nH]4)ccc3-5)[nH]2)N(C(=O)[C@@H](NC(=O)OC)C(C)C)C1. The van der Waals surface area contributed by atoms with Gasteiger partial charge in [-0.15, -0.1) is 0 Å². The zero-order chi connectivity index (χ0) is 44.0. The molecule has 3 aliphatic heterocycles. The highest BCUT2D eigenvalue weighted by atomic mass is 16.5. The van der Waals surface area contributed by atoms with Crippen molar-refractivity contribution in [2.24, 2.45) is 23.7 Å². The fourth-order valence-corrected chi connectivity index (χ4v) is 9.37. The summed E-state index contributed by atoms with van der Waals surface area (Å²) in [6.45, 7) is 11.6. The molecular formula is C46H56N8O8. The molecule has 0 bridgehead atoms. The third-order valence-electron chi connectivity index (χ3n) is 12.6. The predicted octanol–water partition coefficient (Wildman–Crippen LogP) is 6.87. The zero-order valence-corrected chi connectivity index (χ0v) is 36.5. The maximum Gasteiger partial charge on any atom is 0.407 e. The van der Waals surface area contributed by atoms with Crippen LogP contribution in [0, 0.1) is 23.7 Å². The Morgan fingerprint density at radius 1 is 0.823 bits per heavy atom. The number of ether oxygens (including phenoxy) is 4. The molecule has 3 aliphatic rings. The van der Waals surface area contributed by atoms with Crippen molar-refractivity contribution in [3.63, 3.8) is 0 Å². The summed E-state index contributed by atoms with van der Waals surface area (Å²) in [4.78, 5) is 72.7. The van der Waals surface area contributed by atoms with Crippen molar-refractivity contribution in [2.75, 3.05) is 41.0 Å². The van der Waals surface area contributed by atoms with E-state index in [0.717, 1.165) is 61.9 Å². The van der Waals surface area contributed by atoms with Gasteiger partial charge in [0.15, 0.2) is 0 Å². The molecule has 0 aliphatic carbocycles. The molecule has 62 heavy (non-hydrogen) atoms. The number of fused-ring (bicyclic) bond motifs is 6. The number of aromatic nitrogens is 4. The summed E-state index contributed by atoms with van der Waals surface area (Å²) in [6.07, 6.45) is 1.93. The van der Waals surface area contributed by atoms with Crippen LogP contribution >= 0.6 is 0 Å². The van der Waals surface area contributed by atoms with Crippen molar-refractivity contribution in [2.45, 2.75) is 78.2 Å². The maximum absolute atomic E-state index is 14.1. The van der Waals surface area contributed by atoms with Crippen molar-refractivity contribution in [3.05, 3.63) is 65.9 Å². The van der Waals surface area contributed by atoms with Crippen LogP contribution in [-0.2, 0) is 30.4 Å². The van der Waals surface area contributed by atoms with Gasteiger partial charge in [-0.25, -0.2) is 19.6 Å². The molecule has 3 aromatic carbocycles. The lowest BCUT2D eigenvalue weighted by Crippen LogP contribution is -2.51.